The summed E-state index contributed by atoms with van der Waals surface area (Å²) in [5.41, 5.74) is -0.273. The molecule has 86 valence electrons. The highest BCUT2D eigenvalue weighted by Crippen LogP contribution is 2.26. The van der Waals surface area contributed by atoms with Crippen LogP contribution < -0.4 is 10.5 Å². The van der Waals surface area contributed by atoms with Gasteiger partial charge in [-0.05, 0) is 0 Å². The molecule has 0 radical (unpaired) electrons. The molecule has 1 fully saturated rings. The number of thioether (sulfide) groups is 1. The number of hydrogen-bond acceptors (Lipinski definition) is 4. The van der Waals surface area contributed by atoms with Crippen molar-refractivity contribution in [3.63, 3.8) is 0 Å². The SMILES string of the molecule is CC(=O)SC1CC(=O)N(c2cc(=O)[nH][nH]2)C1. The van der Waals surface area contributed by atoms with Gasteiger partial charge in [0.25, 0.3) is 5.56 Å². The number of aromatic nitrogens is 2. The Kier molecular flexibility index (Phi) is 2.86. The fourth-order valence-electron chi connectivity index (χ4n) is 1.69. The molecule has 1 aliphatic rings. The van der Waals surface area contributed by atoms with Crippen molar-refractivity contribution in [2.24, 2.45) is 0 Å². The number of nitrogens with one attached hydrogen (secondary N) is 2. The molecule has 16 heavy (non-hydrogen) atoms. The smallest absolute Gasteiger partial charge is 0.266 e. The van der Waals surface area contributed by atoms with Crippen LogP contribution in [0.3, 0.4) is 0 Å². The summed E-state index contributed by atoms with van der Waals surface area (Å²) in [5, 5.41) is 4.98. The zero-order chi connectivity index (χ0) is 11.7. The van der Waals surface area contributed by atoms with Crippen LogP contribution in [0.1, 0.15) is 13.3 Å². The van der Waals surface area contributed by atoms with Crippen LogP contribution in [0.25, 0.3) is 0 Å². The van der Waals surface area contributed by atoms with Gasteiger partial charge in [-0.3, -0.25) is 29.5 Å². The third-order valence-corrected chi connectivity index (χ3v) is 3.28. The lowest BCUT2D eigenvalue weighted by Gasteiger charge is -2.12. The van der Waals surface area contributed by atoms with Gasteiger partial charge in [-0.25, -0.2) is 0 Å². The molecule has 2 heterocycles. The second kappa shape index (κ2) is 4.17. The lowest BCUT2D eigenvalue weighted by Crippen LogP contribution is -2.25. The van der Waals surface area contributed by atoms with Crippen LogP contribution in [-0.4, -0.2) is 33.0 Å². The highest BCUT2D eigenvalue weighted by Gasteiger charge is 2.32. The van der Waals surface area contributed by atoms with E-state index in [0.29, 0.717) is 18.8 Å². The van der Waals surface area contributed by atoms with Gasteiger partial charge in [0.2, 0.25) is 5.91 Å². The van der Waals surface area contributed by atoms with E-state index in [2.05, 4.69) is 10.2 Å². The summed E-state index contributed by atoms with van der Waals surface area (Å²) in [4.78, 5) is 35.0. The summed E-state index contributed by atoms with van der Waals surface area (Å²) in [6, 6.07) is 1.33. The Bertz CT molecular complexity index is 478. The minimum atomic E-state index is -0.273. The van der Waals surface area contributed by atoms with Crippen LogP contribution in [0, 0.1) is 0 Å². The van der Waals surface area contributed by atoms with Gasteiger partial charge < -0.3 is 0 Å². The molecule has 1 saturated heterocycles. The second-order valence-electron chi connectivity index (χ2n) is 3.58. The van der Waals surface area contributed by atoms with Crippen molar-refractivity contribution < 1.29 is 9.59 Å². The highest BCUT2D eigenvalue weighted by molar-refractivity contribution is 8.14. The van der Waals surface area contributed by atoms with Crippen molar-refractivity contribution in [1.82, 2.24) is 10.2 Å². The molecule has 0 bridgehead atoms. The summed E-state index contributed by atoms with van der Waals surface area (Å²) in [5.74, 6) is 0.385. The van der Waals surface area contributed by atoms with Crippen LogP contribution in [0.2, 0.25) is 0 Å². The van der Waals surface area contributed by atoms with Crippen molar-refractivity contribution in [1.29, 1.82) is 0 Å². The van der Waals surface area contributed by atoms with Gasteiger partial charge in [0, 0.05) is 31.2 Å². The normalized spacial score (nSPS) is 20.4. The molecule has 1 aromatic rings. The van der Waals surface area contributed by atoms with Crippen LogP contribution in [0.5, 0.6) is 0 Å². The van der Waals surface area contributed by atoms with Gasteiger partial charge in [-0.2, -0.15) is 0 Å². The Morgan fingerprint density at radius 2 is 2.25 bits per heavy atom. The van der Waals surface area contributed by atoms with Gasteiger partial charge in [-0.15, -0.1) is 0 Å². The molecule has 7 heteroatoms. The number of H-pyrrole nitrogens is 2. The van der Waals surface area contributed by atoms with Crippen molar-refractivity contribution >= 4 is 28.6 Å². The van der Waals surface area contributed by atoms with Gasteiger partial charge in [0.15, 0.2) is 5.12 Å². The van der Waals surface area contributed by atoms with E-state index in [0.717, 1.165) is 0 Å². The lowest BCUT2D eigenvalue weighted by molar-refractivity contribution is -0.117. The highest BCUT2D eigenvalue weighted by atomic mass is 32.2. The van der Waals surface area contributed by atoms with Crippen molar-refractivity contribution in [2.45, 2.75) is 18.6 Å². The maximum absolute atomic E-state index is 11.6. The Morgan fingerprint density at radius 3 is 2.81 bits per heavy atom. The molecule has 1 amide bonds. The average Bonchev–Trinajstić information content (AvgIpc) is 2.72. The molecular formula is C9H11N3O3S. The van der Waals surface area contributed by atoms with Gasteiger partial charge in [0.05, 0.1) is 0 Å². The topological polar surface area (TPSA) is 86.0 Å². The van der Waals surface area contributed by atoms with Gasteiger partial charge in [0.1, 0.15) is 5.82 Å². The number of rotatable bonds is 2. The minimum Gasteiger partial charge on any atom is -0.296 e. The van der Waals surface area contributed by atoms with E-state index in [1.54, 1.807) is 0 Å². The zero-order valence-electron chi connectivity index (χ0n) is 8.65. The Balaban J connectivity index is 2.11. The van der Waals surface area contributed by atoms with E-state index in [1.165, 1.54) is 29.7 Å². The van der Waals surface area contributed by atoms with E-state index in [1.807, 2.05) is 0 Å². The van der Waals surface area contributed by atoms with Crippen molar-refractivity contribution in [3.05, 3.63) is 16.4 Å². The number of carbonyl (C=O) groups excluding carboxylic acids is 2. The van der Waals surface area contributed by atoms with Crippen LogP contribution in [0.4, 0.5) is 5.82 Å². The summed E-state index contributed by atoms with van der Waals surface area (Å²) < 4.78 is 0. The van der Waals surface area contributed by atoms with Crippen LogP contribution in [0.15, 0.2) is 10.9 Å². The largest absolute Gasteiger partial charge is 0.296 e. The lowest BCUT2D eigenvalue weighted by atomic mass is 10.4. The molecule has 6 nitrogen and oxygen atoms in total. The molecule has 1 aliphatic heterocycles. The molecule has 1 atom stereocenters. The minimum absolute atomic E-state index is 0.00205. The van der Waals surface area contributed by atoms with Crippen LogP contribution >= 0.6 is 11.8 Å². The molecule has 2 rings (SSSR count). The Labute approximate surface area is 95.4 Å². The molecule has 1 unspecified atom stereocenters. The maximum atomic E-state index is 11.6. The number of anilines is 1. The fraction of sp³-hybridized carbons (Fsp3) is 0.444. The zero-order valence-corrected chi connectivity index (χ0v) is 9.47. The first-order valence-electron chi connectivity index (χ1n) is 4.81. The monoisotopic (exact) mass is 241 g/mol. The first kappa shape index (κ1) is 11.0. The molecule has 0 aliphatic carbocycles. The third kappa shape index (κ3) is 2.19. The summed E-state index contributed by atoms with van der Waals surface area (Å²) in [7, 11) is 0. The van der Waals surface area contributed by atoms with E-state index < -0.39 is 0 Å². The fourth-order valence-corrected chi connectivity index (χ4v) is 2.61. The molecule has 2 N–H and O–H groups in total. The van der Waals surface area contributed by atoms with Crippen molar-refractivity contribution in [2.75, 3.05) is 11.4 Å². The molecule has 1 aromatic heterocycles. The number of hydrogen-bond donors (Lipinski definition) is 2. The molecular weight excluding hydrogens is 230 g/mol. The summed E-state index contributed by atoms with van der Waals surface area (Å²) in [6.07, 6.45) is 0.331. The number of nitrogens with zero attached hydrogens (tertiary/aromatic N) is 1. The third-order valence-electron chi connectivity index (χ3n) is 2.29. The first-order valence-corrected chi connectivity index (χ1v) is 5.69. The Morgan fingerprint density at radius 1 is 1.50 bits per heavy atom. The Hall–Kier alpha value is -1.50. The first-order chi connectivity index (χ1) is 7.56. The van der Waals surface area contributed by atoms with E-state index in [4.69, 9.17) is 0 Å². The van der Waals surface area contributed by atoms with Crippen molar-refractivity contribution in [3.8, 4) is 0 Å². The molecule has 0 saturated carbocycles. The molecule has 0 spiro atoms. The molecule has 0 aromatic carbocycles. The van der Waals surface area contributed by atoms with Gasteiger partial charge >= 0.3 is 0 Å². The summed E-state index contributed by atoms with van der Waals surface area (Å²) in [6.45, 7) is 1.94. The predicted molar refractivity (Wildman–Crippen MR) is 60.4 cm³/mol. The quantitative estimate of drug-likeness (QED) is 0.768. The predicted octanol–water partition coefficient (Wildman–Crippen LogP) is 0.0880. The van der Waals surface area contributed by atoms with E-state index in [-0.39, 0.29) is 21.8 Å². The number of aromatic amines is 2. The van der Waals surface area contributed by atoms with E-state index >= 15 is 0 Å². The number of amides is 1. The van der Waals surface area contributed by atoms with E-state index in [9.17, 15) is 14.4 Å². The summed E-state index contributed by atoms with van der Waals surface area (Å²) >= 11 is 1.17. The van der Waals surface area contributed by atoms with Crippen LogP contribution in [-0.2, 0) is 9.59 Å². The second-order valence-corrected chi connectivity index (χ2v) is 5.06. The average molecular weight is 241 g/mol. The maximum Gasteiger partial charge on any atom is 0.266 e. The standard InChI is InChI=1S/C9H11N3O3S/c1-5(13)16-6-2-9(15)12(4-6)7-3-8(14)11-10-7/h3,6H,2,4H2,1H3,(H2,10,11,14). The van der Waals surface area contributed by atoms with Gasteiger partial charge in [-0.1, -0.05) is 11.8 Å². The number of carbonyl (C=O) groups is 2.